The minimum atomic E-state index is -3.76. The molecule has 0 aliphatic carbocycles. The van der Waals surface area contributed by atoms with Crippen LogP contribution < -0.4 is 15.4 Å². The molecule has 0 bridgehead atoms. The van der Waals surface area contributed by atoms with Crippen molar-refractivity contribution in [1.82, 2.24) is 10.2 Å². The van der Waals surface area contributed by atoms with Gasteiger partial charge in [-0.1, -0.05) is 23.5 Å². The topological polar surface area (TPSA) is 101 Å². The summed E-state index contributed by atoms with van der Waals surface area (Å²) < 4.78 is 26.6. The SMILES string of the molecule is CN(C)c1ccccc1NS(=O)(=O)c1nnc(N)s1. The average molecular weight is 299 g/mol. The lowest BCUT2D eigenvalue weighted by atomic mass is 10.2. The Morgan fingerprint density at radius 3 is 2.53 bits per heavy atom. The number of rotatable bonds is 4. The van der Waals surface area contributed by atoms with E-state index in [9.17, 15) is 8.42 Å². The lowest BCUT2D eigenvalue weighted by Gasteiger charge is -2.17. The average Bonchev–Trinajstić information content (AvgIpc) is 2.76. The summed E-state index contributed by atoms with van der Waals surface area (Å²) >= 11 is 0.820. The molecule has 7 nitrogen and oxygen atoms in total. The van der Waals surface area contributed by atoms with Crippen LogP contribution in [0, 0.1) is 0 Å². The minimum absolute atomic E-state index is 0.112. The van der Waals surface area contributed by atoms with Crippen molar-refractivity contribution in [2.24, 2.45) is 0 Å². The fraction of sp³-hybridized carbons (Fsp3) is 0.200. The molecule has 1 heterocycles. The molecule has 0 spiro atoms. The summed E-state index contributed by atoms with van der Waals surface area (Å²) in [7, 11) is -0.101. The number of hydrogen-bond acceptors (Lipinski definition) is 7. The second-order valence-corrected chi connectivity index (χ2v) is 6.79. The van der Waals surface area contributed by atoms with Crippen LogP contribution in [0.4, 0.5) is 16.5 Å². The molecule has 2 aromatic rings. The Hall–Kier alpha value is -1.87. The molecule has 1 aromatic heterocycles. The Balaban J connectivity index is 2.36. The Morgan fingerprint density at radius 2 is 1.95 bits per heavy atom. The van der Waals surface area contributed by atoms with Gasteiger partial charge in [-0.3, -0.25) is 4.72 Å². The molecule has 0 fully saturated rings. The van der Waals surface area contributed by atoms with E-state index in [1.807, 2.05) is 31.1 Å². The summed E-state index contributed by atoms with van der Waals surface area (Å²) in [6.07, 6.45) is 0. The predicted octanol–water partition coefficient (Wildman–Crippen LogP) is 0.987. The van der Waals surface area contributed by atoms with Gasteiger partial charge in [0.1, 0.15) is 0 Å². The van der Waals surface area contributed by atoms with Gasteiger partial charge in [-0.2, -0.15) is 8.42 Å². The maximum Gasteiger partial charge on any atom is 0.291 e. The van der Waals surface area contributed by atoms with E-state index in [-0.39, 0.29) is 9.47 Å². The number of anilines is 3. The zero-order valence-corrected chi connectivity index (χ0v) is 12.0. The zero-order chi connectivity index (χ0) is 14.0. The van der Waals surface area contributed by atoms with Crippen molar-refractivity contribution in [2.75, 3.05) is 29.5 Å². The van der Waals surface area contributed by atoms with Crippen LogP contribution in [0.25, 0.3) is 0 Å². The zero-order valence-electron chi connectivity index (χ0n) is 10.4. The molecule has 0 saturated heterocycles. The van der Waals surface area contributed by atoms with Crippen LogP contribution in [0.2, 0.25) is 0 Å². The number of benzene rings is 1. The lowest BCUT2D eigenvalue weighted by molar-refractivity contribution is 0.599. The van der Waals surface area contributed by atoms with Crippen LogP contribution in [0.3, 0.4) is 0 Å². The van der Waals surface area contributed by atoms with Crippen LogP contribution in [0.1, 0.15) is 0 Å². The number of nitrogens with one attached hydrogen (secondary N) is 1. The van der Waals surface area contributed by atoms with Gasteiger partial charge in [0.15, 0.2) is 0 Å². The van der Waals surface area contributed by atoms with E-state index in [0.29, 0.717) is 5.69 Å². The van der Waals surface area contributed by atoms with Crippen LogP contribution >= 0.6 is 11.3 Å². The van der Waals surface area contributed by atoms with Gasteiger partial charge in [-0.05, 0) is 12.1 Å². The van der Waals surface area contributed by atoms with Gasteiger partial charge < -0.3 is 10.6 Å². The summed E-state index contributed by atoms with van der Waals surface area (Å²) in [5, 5.41) is 7.15. The van der Waals surface area contributed by atoms with Crippen molar-refractivity contribution in [1.29, 1.82) is 0 Å². The van der Waals surface area contributed by atoms with Gasteiger partial charge in [0.05, 0.1) is 11.4 Å². The van der Waals surface area contributed by atoms with E-state index in [0.717, 1.165) is 17.0 Å². The molecule has 19 heavy (non-hydrogen) atoms. The van der Waals surface area contributed by atoms with Gasteiger partial charge in [0, 0.05) is 14.1 Å². The number of hydrogen-bond donors (Lipinski definition) is 2. The fourth-order valence-electron chi connectivity index (χ4n) is 1.47. The highest BCUT2D eigenvalue weighted by atomic mass is 32.2. The number of sulfonamides is 1. The third-order valence-corrected chi connectivity index (χ3v) is 4.77. The first kappa shape index (κ1) is 13.6. The Morgan fingerprint density at radius 1 is 1.26 bits per heavy atom. The summed E-state index contributed by atoms with van der Waals surface area (Å²) in [5.41, 5.74) is 6.62. The number of nitrogen functional groups attached to an aromatic ring is 1. The molecule has 3 N–H and O–H groups in total. The predicted molar refractivity (Wildman–Crippen MR) is 75.9 cm³/mol. The van der Waals surface area contributed by atoms with Crippen molar-refractivity contribution in [3.8, 4) is 0 Å². The Labute approximate surface area is 115 Å². The second kappa shape index (κ2) is 5.02. The molecule has 1 aromatic carbocycles. The van der Waals surface area contributed by atoms with E-state index in [1.165, 1.54) is 0 Å². The van der Waals surface area contributed by atoms with Gasteiger partial charge in [-0.15, -0.1) is 10.2 Å². The standard InChI is InChI=1S/C10H13N5O2S2/c1-15(2)8-6-4-3-5-7(8)14-19(16,17)10-13-12-9(11)18-10/h3-6,14H,1-2H3,(H2,11,12). The third kappa shape index (κ3) is 2.93. The maximum absolute atomic E-state index is 12.1. The molecule has 0 unspecified atom stereocenters. The summed E-state index contributed by atoms with van der Waals surface area (Å²) in [6.45, 7) is 0. The monoisotopic (exact) mass is 299 g/mol. The van der Waals surface area contributed by atoms with E-state index in [1.54, 1.807) is 12.1 Å². The third-order valence-electron chi connectivity index (χ3n) is 2.28. The fourth-order valence-corrected chi connectivity index (χ4v) is 3.33. The highest BCUT2D eigenvalue weighted by molar-refractivity contribution is 7.94. The quantitative estimate of drug-likeness (QED) is 0.873. The number of nitrogens with zero attached hydrogens (tertiary/aromatic N) is 3. The maximum atomic E-state index is 12.1. The van der Waals surface area contributed by atoms with Crippen molar-refractivity contribution >= 4 is 37.9 Å². The van der Waals surface area contributed by atoms with E-state index < -0.39 is 10.0 Å². The second-order valence-electron chi connectivity index (χ2n) is 3.92. The highest BCUT2D eigenvalue weighted by Crippen LogP contribution is 2.27. The molecular weight excluding hydrogens is 286 g/mol. The minimum Gasteiger partial charge on any atom is -0.376 e. The van der Waals surface area contributed by atoms with Crippen LogP contribution in [-0.4, -0.2) is 32.7 Å². The van der Waals surface area contributed by atoms with Crippen molar-refractivity contribution in [3.05, 3.63) is 24.3 Å². The molecule has 9 heteroatoms. The van der Waals surface area contributed by atoms with E-state index >= 15 is 0 Å². The first-order chi connectivity index (χ1) is 8.90. The van der Waals surface area contributed by atoms with Gasteiger partial charge in [-0.25, -0.2) is 0 Å². The van der Waals surface area contributed by atoms with Crippen molar-refractivity contribution in [2.45, 2.75) is 4.34 Å². The highest BCUT2D eigenvalue weighted by Gasteiger charge is 2.21. The van der Waals surface area contributed by atoms with E-state index in [4.69, 9.17) is 5.73 Å². The summed E-state index contributed by atoms with van der Waals surface area (Å²) in [5.74, 6) is 0. The first-order valence-corrected chi connectivity index (χ1v) is 7.58. The van der Waals surface area contributed by atoms with E-state index in [2.05, 4.69) is 14.9 Å². The summed E-state index contributed by atoms with van der Waals surface area (Å²) in [6, 6.07) is 7.07. The summed E-state index contributed by atoms with van der Waals surface area (Å²) in [4.78, 5) is 1.81. The molecule has 0 aliphatic heterocycles. The molecule has 0 aliphatic rings. The number of nitrogens with two attached hydrogens (primary N) is 1. The molecule has 102 valence electrons. The molecule has 0 atom stereocenters. The van der Waals surface area contributed by atoms with Gasteiger partial charge in [0.2, 0.25) is 5.13 Å². The van der Waals surface area contributed by atoms with Crippen LogP contribution in [0.5, 0.6) is 0 Å². The normalized spacial score (nSPS) is 11.3. The van der Waals surface area contributed by atoms with Crippen molar-refractivity contribution in [3.63, 3.8) is 0 Å². The van der Waals surface area contributed by atoms with Crippen LogP contribution in [-0.2, 0) is 10.0 Å². The van der Waals surface area contributed by atoms with Gasteiger partial charge in [0.25, 0.3) is 14.4 Å². The Kier molecular flexibility index (Phi) is 3.58. The van der Waals surface area contributed by atoms with Crippen LogP contribution in [0.15, 0.2) is 28.6 Å². The largest absolute Gasteiger partial charge is 0.376 e. The van der Waals surface area contributed by atoms with Gasteiger partial charge >= 0.3 is 0 Å². The van der Waals surface area contributed by atoms with Crippen molar-refractivity contribution < 1.29 is 8.42 Å². The Bertz CT molecular complexity index is 681. The first-order valence-electron chi connectivity index (χ1n) is 5.28. The smallest absolute Gasteiger partial charge is 0.291 e. The molecule has 0 saturated carbocycles. The molecule has 2 rings (SSSR count). The lowest BCUT2D eigenvalue weighted by Crippen LogP contribution is -2.17. The number of aromatic nitrogens is 2. The number of para-hydroxylation sites is 2. The molecular formula is C10H13N5O2S2. The molecule has 0 amide bonds. The molecule has 0 radical (unpaired) electrons.